The number of nitrogens with one attached hydrogen (secondary N) is 1. The van der Waals surface area contributed by atoms with E-state index in [1.165, 1.54) is 7.11 Å². The summed E-state index contributed by atoms with van der Waals surface area (Å²) >= 11 is 13.4. The molecule has 0 amide bonds. The van der Waals surface area contributed by atoms with Crippen molar-refractivity contribution in [1.29, 1.82) is 0 Å². The standard InChI is InChI=1S/C17H12Cl2N2O3S/c1-8-13-15(22)20-12(21-16(13)25-14(8)17(23)24-2)7-6-9-10(18)4-3-5-11(9)19/h3-7H,1-2H3,(H,20,21,22)/b7-6+. The van der Waals surface area contributed by atoms with E-state index in [4.69, 9.17) is 27.9 Å². The second kappa shape index (κ2) is 7.00. The monoisotopic (exact) mass is 394 g/mol. The summed E-state index contributed by atoms with van der Waals surface area (Å²) in [5, 5.41) is 1.37. The number of aromatic nitrogens is 2. The van der Waals surface area contributed by atoms with E-state index < -0.39 is 5.97 Å². The van der Waals surface area contributed by atoms with Crippen LogP contribution in [-0.2, 0) is 4.74 Å². The molecule has 0 aliphatic heterocycles. The third-order valence-corrected chi connectivity index (χ3v) is 5.42. The van der Waals surface area contributed by atoms with Crippen LogP contribution < -0.4 is 5.56 Å². The van der Waals surface area contributed by atoms with Crippen LogP contribution in [-0.4, -0.2) is 23.0 Å². The molecule has 3 aromatic rings. The van der Waals surface area contributed by atoms with Crippen molar-refractivity contribution in [3.8, 4) is 0 Å². The maximum absolute atomic E-state index is 12.4. The van der Waals surface area contributed by atoms with Crippen molar-refractivity contribution >= 4 is 62.9 Å². The van der Waals surface area contributed by atoms with Gasteiger partial charge < -0.3 is 9.72 Å². The molecule has 3 rings (SSSR count). The van der Waals surface area contributed by atoms with Gasteiger partial charge >= 0.3 is 5.97 Å². The number of H-pyrrole nitrogens is 1. The van der Waals surface area contributed by atoms with Crippen LogP contribution >= 0.6 is 34.5 Å². The van der Waals surface area contributed by atoms with Crippen LogP contribution in [0.5, 0.6) is 0 Å². The highest BCUT2D eigenvalue weighted by molar-refractivity contribution is 7.20. The molecule has 2 aromatic heterocycles. The number of methoxy groups -OCH3 is 1. The van der Waals surface area contributed by atoms with E-state index in [1.807, 2.05) is 0 Å². The van der Waals surface area contributed by atoms with Crippen molar-refractivity contribution in [3.63, 3.8) is 0 Å². The fourth-order valence-electron chi connectivity index (χ4n) is 2.36. The molecule has 0 radical (unpaired) electrons. The Morgan fingerprint density at radius 3 is 2.60 bits per heavy atom. The number of esters is 1. The molecule has 128 valence electrons. The SMILES string of the molecule is COC(=O)c1sc2nc(/C=C/c3c(Cl)cccc3Cl)[nH]c(=O)c2c1C. The van der Waals surface area contributed by atoms with E-state index >= 15 is 0 Å². The Morgan fingerprint density at radius 2 is 1.96 bits per heavy atom. The maximum atomic E-state index is 12.4. The van der Waals surface area contributed by atoms with Gasteiger partial charge in [0.2, 0.25) is 0 Å². The summed E-state index contributed by atoms with van der Waals surface area (Å²) in [5.74, 6) is -0.147. The number of halogens is 2. The molecule has 0 saturated carbocycles. The fourth-order valence-corrected chi connectivity index (χ4v) is 3.99. The first-order valence-electron chi connectivity index (χ1n) is 7.16. The summed E-state index contributed by atoms with van der Waals surface area (Å²) in [6, 6.07) is 5.19. The minimum absolute atomic E-state index is 0.321. The molecule has 25 heavy (non-hydrogen) atoms. The smallest absolute Gasteiger partial charge is 0.348 e. The summed E-state index contributed by atoms with van der Waals surface area (Å²) in [5.41, 5.74) is 0.871. The second-order valence-corrected chi connectivity index (χ2v) is 6.96. The molecule has 0 unspecified atom stereocenters. The average molecular weight is 395 g/mol. The summed E-state index contributed by atoms with van der Waals surface area (Å²) in [6.45, 7) is 1.70. The second-order valence-electron chi connectivity index (χ2n) is 5.15. The van der Waals surface area contributed by atoms with Gasteiger partial charge in [-0.2, -0.15) is 0 Å². The molecule has 8 heteroatoms. The number of fused-ring (bicyclic) bond motifs is 1. The highest BCUT2D eigenvalue weighted by atomic mass is 35.5. The van der Waals surface area contributed by atoms with Crippen molar-refractivity contribution in [2.45, 2.75) is 6.92 Å². The van der Waals surface area contributed by atoms with Gasteiger partial charge in [0.15, 0.2) is 0 Å². The van der Waals surface area contributed by atoms with Crippen molar-refractivity contribution in [2.75, 3.05) is 7.11 Å². The highest BCUT2D eigenvalue weighted by Crippen LogP contribution is 2.28. The zero-order valence-corrected chi connectivity index (χ0v) is 15.6. The third-order valence-electron chi connectivity index (χ3n) is 3.60. The highest BCUT2D eigenvalue weighted by Gasteiger charge is 2.19. The van der Waals surface area contributed by atoms with E-state index in [1.54, 1.807) is 37.3 Å². The van der Waals surface area contributed by atoms with Crippen LogP contribution in [0.15, 0.2) is 23.0 Å². The van der Waals surface area contributed by atoms with Crippen molar-refractivity contribution in [1.82, 2.24) is 9.97 Å². The summed E-state index contributed by atoms with van der Waals surface area (Å²) in [4.78, 5) is 32.1. The lowest BCUT2D eigenvalue weighted by Crippen LogP contribution is -2.09. The average Bonchev–Trinajstić information content (AvgIpc) is 2.91. The lowest BCUT2D eigenvalue weighted by Gasteiger charge is -2.01. The number of aromatic amines is 1. The van der Waals surface area contributed by atoms with Gasteiger partial charge in [-0.05, 0) is 36.8 Å². The van der Waals surface area contributed by atoms with E-state index in [0.29, 0.717) is 42.1 Å². The summed E-state index contributed by atoms with van der Waals surface area (Å²) in [7, 11) is 1.30. The maximum Gasteiger partial charge on any atom is 0.348 e. The van der Waals surface area contributed by atoms with E-state index in [-0.39, 0.29) is 5.56 Å². The lowest BCUT2D eigenvalue weighted by molar-refractivity contribution is 0.0605. The van der Waals surface area contributed by atoms with Crippen LogP contribution in [0, 0.1) is 6.92 Å². The first-order chi connectivity index (χ1) is 11.9. The van der Waals surface area contributed by atoms with Gasteiger partial charge in [-0.1, -0.05) is 29.3 Å². The van der Waals surface area contributed by atoms with Gasteiger partial charge in [-0.25, -0.2) is 9.78 Å². The molecule has 0 atom stereocenters. The zero-order valence-electron chi connectivity index (χ0n) is 13.2. The van der Waals surface area contributed by atoms with Crippen LogP contribution in [0.3, 0.4) is 0 Å². The van der Waals surface area contributed by atoms with E-state index in [0.717, 1.165) is 11.3 Å². The lowest BCUT2D eigenvalue weighted by atomic mass is 10.2. The molecule has 0 saturated heterocycles. The van der Waals surface area contributed by atoms with E-state index in [2.05, 4.69) is 9.97 Å². The molecular formula is C17H12Cl2N2O3S. The quantitative estimate of drug-likeness (QED) is 0.660. The molecule has 0 fully saturated rings. The van der Waals surface area contributed by atoms with Crippen LogP contribution in [0.25, 0.3) is 22.4 Å². The topological polar surface area (TPSA) is 72.0 Å². The first kappa shape index (κ1) is 17.7. The molecule has 0 bridgehead atoms. The van der Waals surface area contributed by atoms with Gasteiger partial charge in [0.25, 0.3) is 5.56 Å². The molecule has 1 aromatic carbocycles. The molecule has 1 N–H and O–H groups in total. The van der Waals surface area contributed by atoms with Gasteiger partial charge in [0.05, 0.1) is 12.5 Å². The molecule has 2 heterocycles. The Hall–Kier alpha value is -2.15. The van der Waals surface area contributed by atoms with Crippen molar-refractivity contribution < 1.29 is 9.53 Å². The number of thiophene rings is 1. The minimum atomic E-state index is -0.486. The van der Waals surface area contributed by atoms with Gasteiger partial charge in [-0.3, -0.25) is 4.79 Å². The number of hydrogen-bond acceptors (Lipinski definition) is 5. The minimum Gasteiger partial charge on any atom is -0.465 e. The van der Waals surface area contributed by atoms with Gasteiger partial charge in [-0.15, -0.1) is 11.3 Å². The van der Waals surface area contributed by atoms with Crippen LogP contribution in [0.2, 0.25) is 10.0 Å². The number of carbonyl (C=O) groups excluding carboxylic acids is 1. The number of nitrogens with zero attached hydrogens (tertiary/aromatic N) is 1. The molecule has 0 aliphatic carbocycles. The third kappa shape index (κ3) is 3.33. The number of ether oxygens (including phenoxy) is 1. The Morgan fingerprint density at radius 1 is 1.28 bits per heavy atom. The number of hydrogen-bond donors (Lipinski definition) is 1. The zero-order chi connectivity index (χ0) is 18.1. The van der Waals surface area contributed by atoms with Crippen LogP contribution in [0.4, 0.5) is 0 Å². The Bertz CT molecular complexity index is 1050. The number of benzene rings is 1. The fraction of sp³-hybridized carbons (Fsp3) is 0.118. The first-order valence-corrected chi connectivity index (χ1v) is 8.73. The summed E-state index contributed by atoms with van der Waals surface area (Å²) in [6.07, 6.45) is 3.29. The van der Waals surface area contributed by atoms with E-state index in [9.17, 15) is 9.59 Å². The predicted molar refractivity (Wildman–Crippen MR) is 102 cm³/mol. The Labute approximate surface area is 156 Å². The summed E-state index contributed by atoms with van der Waals surface area (Å²) < 4.78 is 4.74. The van der Waals surface area contributed by atoms with Crippen molar-refractivity contribution in [3.05, 3.63) is 60.4 Å². The number of rotatable bonds is 3. The van der Waals surface area contributed by atoms with Crippen LogP contribution in [0.1, 0.15) is 26.6 Å². The number of carbonyl (C=O) groups is 1. The largest absolute Gasteiger partial charge is 0.465 e. The normalized spacial score (nSPS) is 11.4. The Kier molecular flexibility index (Phi) is 4.94. The van der Waals surface area contributed by atoms with Gasteiger partial charge in [0, 0.05) is 15.6 Å². The molecular weight excluding hydrogens is 383 g/mol. The Balaban J connectivity index is 2.08. The molecule has 0 aliphatic rings. The molecule has 0 spiro atoms. The predicted octanol–water partition coefficient (Wildman–Crippen LogP) is 4.56. The van der Waals surface area contributed by atoms with Crippen molar-refractivity contribution in [2.24, 2.45) is 0 Å². The van der Waals surface area contributed by atoms with Gasteiger partial charge in [0.1, 0.15) is 15.5 Å². The number of aryl methyl sites for hydroxylation is 1. The molecule has 5 nitrogen and oxygen atoms in total.